The van der Waals surface area contributed by atoms with E-state index < -0.39 is 0 Å². The second-order valence-corrected chi connectivity index (χ2v) is 5.06. The van der Waals surface area contributed by atoms with Gasteiger partial charge in [-0.25, -0.2) is 9.97 Å². The van der Waals surface area contributed by atoms with Crippen molar-refractivity contribution in [1.29, 1.82) is 0 Å². The van der Waals surface area contributed by atoms with Gasteiger partial charge in [-0.3, -0.25) is 4.57 Å². The first-order valence-corrected chi connectivity index (χ1v) is 6.76. The lowest BCUT2D eigenvalue weighted by atomic mass is 10.2. The first kappa shape index (κ1) is 12.6. The van der Waals surface area contributed by atoms with Gasteiger partial charge in [0.05, 0.1) is 5.52 Å². The minimum atomic E-state index is 0.728. The van der Waals surface area contributed by atoms with Gasteiger partial charge in [-0.05, 0) is 32.0 Å². The Bertz CT molecular complexity index is 750. The standard InChI is InChI=1S/C17H17N3/c1-13(2)8-9-15-12-14-6-3-4-7-16(14)20(15)17-18-10-5-11-19-17/h3-8,10-12H,9H2,1-2H3. The molecule has 0 amide bonds. The van der Waals surface area contributed by atoms with E-state index in [1.54, 1.807) is 12.4 Å². The van der Waals surface area contributed by atoms with E-state index in [1.165, 1.54) is 16.7 Å². The number of allylic oxidation sites excluding steroid dienone is 2. The molecule has 0 bridgehead atoms. The quantitative estimate of drug-likeness (QED) is 0.670. The van der Waals surface area contributed by atoms with Crippen LogP contribution in [0.3, 0.4) is 0 Å². The van der Waals surface area contributed by atoms with E-state index in [-0.39, 0.29) is 0 Å². The fraction of sp³-hybridized carbons (Fsp3) is 0.176. The summed E-state index contributed by atoms with van der Waals surface area (Å²) in [5.74, 6) is 0.728. The lowest BCUT2D eigenvalue weighted by Crippen LogP contribution is -2.03. The number of benzene rings is 1. The molecule has 0 aliphatic rings. The van der Waals surface area contributed by atoms with Crippen molar-refractivity contribution in [2.45, 2.75) is 20.3 Å². The Morgan fingerprint density at radius 2 is 1.85 bits per heavy atom. The highest BCUT2D eigenvalue weighted by Crippen LogP contribution is 2.23. The third kappa shape index (κ3) is 2.35. The molecule has 0 unspecified atom stereocenters. The molecule has 100 valence electrons. The van der Waals surface area contributed by atoms with Crippen LogP contribution in [-0.4, -0.2) is 14.5 Å². The molecule has 20 heavy (non-hydrogen) atoms. The average Bonchev–Trinajstić information content (AvgIpc) is 2.84. The lowest BCUT2D eigenvalue weighted by molar-refractivity contribution is 0.904. The smallest absolute Gasteiger partial charge is 0.234 e. The van der Waals surface area contributed by atoms with Gasteiger partial charge in [-0.2, -0.15) is 0 Å². The summed E-state index contributed by atoms with van der Waals surface area (Å²) in [5.41, 5.74) is 3.67. The Labute approximate surface area is 118 Å². The molecule has 0 N–H and O–H groups in total. The van der Waals surface area contributed by atoms with Crippen LogP contribution < -0.4 is 0 Å². The average molecular weight is 263 g/mol. The predicted octanol–water partition coefficient (Wildman–Crippen LogP) is 3.93. The van der Waals surface area contributed by atoms with Gasteiger partial charge in [-0.1, -0.05) is 29.8 Å². The number of nitrogens with zero attached hydrogens (tertiary/aromatic N) is 3. The fourth-order valence-corrected chi connectivity index (χ4v) is 2.31. The van der Waals surface area contributed by atoms with Crippen LogP contribution in [0.4, 0.5) is 0 Å². The van der Waals surface area contributed by atoms with Crippen LogP contribution in [-0.2, 0) is 6.42 Å². The molecule has 3 rings (SSSR count). The highest BCUT2D eigenvalue weighted by Gasteiger charge is 2.10. The van der Waals surface area contributed by atoms with Crippen molar-refractivity contribution in [3.05, 3.63) is 66.1 Å². The molecule has 3 nitrogen and oxygen atoms in total. The maximum absolute atomic E-state index is 4.39. The summed E-state index contributed by atoms with van der Waals surface area (Å²) >= 11 is 0. The van der Waals surface area contributed by atoms with Crippen molar-refractivity contribution >= 4 is 10.9 Å². The molecule has 2 aromatic heterocycles. The number of rotatable bonds is 3. The van der Waals surface area contributed by atoms with Crippen LogP contribution in [0.25, 0.3) is 16.9 Å². The highest BCUT2D eigenvalue weighted by molar-refractivity contribution is 5.82. The van der Waals surface area contributed by atoms with Gasteiger partial charge in [0.15, 0.2) is 0 Å². The molecule has 0 atom stereocenters. The van der Waals surface area contributed by atoms with Crippen LogP contribution in [0.5, 0.6) is 0 Å². The van der Waals surface area contributed by atoms with Gasteiger partial charge in [-0.15, -0.1) is 0 Å². The Morgan fingerprint density at radius 1 is 1.10 bits per heavy atom. The Hall–Kier alpha value is -2.42. The normalized spacial score (nSPS) is 10.7. The number of aromatic nitrogens is 3. The van der Waals surface area contributed by atoms with Crippen LogP contribution in [0.1, 0.15) is 19.5 Å². The second kappa shape index (κ2) is 5.29. The van der Waals surface area contributed by atoms with Gasteiger partial charge in [0, 0.05) is 29.9 Å². The molecule has 0 radical (unpaired) electrons. The Morgan fingerprint density at radius 3 is 2.60 bits per heavy atom. The van der Waals surface area contributed by atoms with Crippen molar-refractivity contribution in [3.8, 4) is 5.95 Å². The van der Waals surface area contributed by atoms with Crippen molar-refractivity contribution in [2.24, 2.45) is 0 Å². The van der Waals surface area contributed by atoms with Crippen molar-refractivity contribution in [1.82, 2.24) is 14.5 Å². The highest BCUT2D eigenvalue weighted by atomic mass is 15.1. The van der Waals surface area contributed by atoms with E-state index >= 15 is 0 Å². The van der Waals surface area contributed by atoms with E-state index in [0.29, 0.717) is 0 Å². The summed E-state index contributed by atoms with van der Waals surface area (Å²) in [6.45, 7) is 4.23. The van der Waals surface area contributed by atoms with Gasteiger partial charge in [0.25, 0.3) is 0 Å². The monoisotopic (exact) mass is 263 g/mol. The number of hydrogen-bond acceptors (Lipinski definition) is 2. The van der Waals surface area contributed by atoms with Crippen molar-refractivity contribution < 1.29 is 0 Å². The van der Waals surface area contributed by atoms with Gasteiger partial charge in [0.2, 0.25) is 5.95 Å². The number of hydrogen-bond donors (Lipinski definition) is 0. The minimum Gasteiger partial charge on any atom is -0.282 e. The summed E-state index contributed by atoms with van der Waals surface area (Å²) < 4.78 is 2.13. The van der Waals surface area contributed by atoms with Crippen LogP contribution in [0.2, 0.25) is 0 Å². The molecule has 0 aliphatic heterocycles. The zero-order chi connectivity index (χ0) is 13.9. The topological polar surface area (TPSA) is 30.7 Å². The molecule has 2 heterocycles. The number of fused-ring (bicyclic) bond motifs is 1. The SMILES string of the molecule is CC(C)=CCc1cc2ccccc2n1-c1ncccn1. The van der Waals surface area contributed by atoms with Crippen molar-refractivity contribution in [3.63, 3.8) is 0 Å². The molecule has 0 saturated carbocycles. The van der Waals surface area contributed by atoms with E-state index in [1.807, 2.05) is 12.1 Å². The molecule has 1 aromatic carbocycles. The van der Waals surface area contributed by atoms with E-state index in [4.69, 9.17) is 0 Å². The molecule has 0 fully saturated rings. The third-order valence-corrected chi connectivity index (χ3v) is 3.26. The minimum absolute atomic E-state index is 0.728. The summed E-state index contributed by atoms with van der Waals surface area (Å²) in [5, 5.41) is 1.22. The molecular formula is C17H17N3. The lowest BCUT2D eigenvalue weighted by Gasteiger charge is -2.07. The zero-order valence-corrected chi connectivity index (χ0v) is 11.7. The van der Waals surface area contributed by atoms with Gasteiger partial charge in [0.1, 0.15) is 0 Å². The first-order valence-electron chi connectivity index (χ1n) is 6.76. The van der Waals surface area contributed by atoms with E-state index in [9.17, 15) is 0 Å². The Balaban J connectivity index is 2.21. The maximum atomic E-state index is 4.39. The first-order chi connectivity index (χ1) is 9.75. The molecule has 3 heteroatoms. The zero-order valence-electron chi connectivity index (χ0n) is 11.7. The summed E-state index contributed by atoms with van der Waals surface area (Å²) in [6.07, 6.45) is 6.67. The maximum Gasteiger partial charge on any atom is 0.234 e. The molecule has 0 aliphatic carbocycles. The van der Waals surface area contributed by atoms with E-state index in [2.05, 4.69) is 58.7 Å². The fourth-order valence-electron chi connectivity index (χ4n) is 2.31. The summed E-state index contributed by atoms with van der Waals surface area (Å²) in [6, 6.07) is 12.4. The molecule has 3 aromatic rings. The second-order valence-electron chi connectivity index (χ2n) is 5.06. The van der Waals surface area contributed by atoms with Crippen LogP contribution in [0, 0.1) is 0 Å². The third-order valence-electron chi connectivity index (χ3n) is 3.26. The predicted molar refractivity (Wildman–Crippen MR) is 82.0 cm³/mol. The van der Waals surface area contributed by atoms with Crippen molar-refractivity contribution in [2.75, 3.05) is 0 Å². The number of para-hydroxylation sites is 1. The molecule has 0 spiro atoms. The largest absolute Gasteiger partial charge is 0.282 e. The van der Waals surface area contributed by atoms with Crippen LogP contribution in [0.15, 0.2) is 60.4 Å². The van der Waals surface area contributed by atoms with Crippen LogP contribution >= 0.6 is 0 Å². The Kier molecular flexibility index (Phi) is 3.33. The molecular weight excluding hydrogens is 246 g/mol. The van der Waals surface area contributed by atoms with E-state index in [0.717, 1.165) is 17.9 Å². The summed E-state index contributed by atoms with van der Waals surface area (Å²) in [7, 11) is 0. The van der Waals surface area contributed by atoms with Gasteiger partial charge < -0.3 is 0 Å². The molecule has 0 saturated heterocycles. The summed E-state index contributed by atoms with van der Waals surface area (Å²) in [4.78, 5) is 8.78. The van der Waals surface area contributed by atoms with Gasteiger partial charge >= 0.3 is 0 Å².